The predicted octanol–water partition coefficient (Wildman–Crippen LogP) is 1.31. The maximum Gasteiger partial charge on any atom is 0.109 e. The normalized spacial score (nSPS) is 29.5. The Bertz CT molecular complexity index is 398. The molecule has 2 aliphatic rings. The summed E-state index contributed by atoms with van der Waals surface area (Å²) in [6.07, 6.45) is 6.93. The summed E-state index contributed by atoms with van der Waals surface area (Å²) in [6, 6.07) is 0.865. The van der Waals surface area contributed by atoms with Crippen molar-refractivity contribution >= 4 is 0 Å². The first kappa shape index (κ1) is 11.2. The Labute approximate surface area is 103 Å². The van der Waals surface area contributed by atoms with Gasteiger partial charge in [0.05, 0.1) is 11.7 Å². The Morgan fingerprint density at radius 2 is 2.35 bits per heavy atom. The lowest BCUT2D eigenvalue weighted by Crippen LogP contribution is -2.31. The number of imidazole rings is 1. The number of hydrogen-bond acceptors (Lipinski definition) is 3. The van der Waals surface area contributed by atoms with E-state index in [4.69, 9.17) is 10.7 Å². The molecule has 2 atom stereocenters. The van der Waals surface area contributed by atoms with Crippen LogP contribution >= 0.6 is 0 Å². The third-order valence-corrected chi connectivity index (χ3v) is 4.16. The highest BCUT2D eigenvalue weighted by Gasteiger charge is 2.28. The first-order valence-corrected chi connectivity index (χ1v) is 6.83. The van der Waals surface area contributed by atoms with Crippen LogP contribution in [0.2, 0.25) is 0 Å². The molecule has 1 saturated heterocycles. The molecule has 2 N–H and O–H groups in total. The van der Waals surface area contributed by atoms with Crippen LogP contribution in [0.25, 0.3) is 0 Å². The zero-order valence-electron chi connectivity index (χ0n) is 10.6. The zero-order chi connectivity index (χ0) is 11.8. The van der Waals surface area contributed by atoms with E-state index in [0.717, 1.165) is 25.9 Å². The monoisotopic (exact) mass is 234 g/mol. The fraction of sp³-hybridized carbons (Fsp3) is 0.769. The molecule has 3 heterocycles. The number of aryl methyl sites for hydroxylation is 1. The average molecular weight is 234 g/mol. The van der Waals surface area contributed by atoms with Crippen molar-refractivity contribution in [3.63, 3.8) is 0 Å². The van der Waals surface area contributed by atoms with E-state index in [0.29, 0.717) is 12.1 Å². The summed E-state index contributed by atoms with van der Waals surface area (Å²) in [5.41, 5.74) is 7.28. The minimum absolute atomic E-state index is 0.315. The van der Waals surface area contributed by atoms with Crippen molar-refractivity contribution in [2.75, 3.05) is 13.1 Å². The van der Waals surface area contributed by atoms with E-state index in [-0.39, 0.29) is 0 Å². The van der Waals surface area contributed by atoms with Gasteiger partial charge >= 0.3 is 0 Å². The van der Waals surface area contributed by atoms with Crippen LogP contribution in [-0.2, 0) is 13.0 Å². The van der Waals surface area contributed by atoms with Gasteiger partial charge in [-0.05, 0) is 32.4 Å². The van der Waals surface area contributed by atoms with Gasteiger partial charge in [-0.15, -0.1) is 0 Å². The molecule has 2 aliphatic heterocycles. The van der Waals surface area contributed by atoms with Gasteiger partial charge in [0.2, 0.25) is 0 Å². The van der Waals surface area contributed by atoms with E-state index < -0.39 is 0 Å². The van der Waals surface area contributed by atoms with Crippen molar-refractivity contribution in [2.24, 2.45) is 5.73 Å². The summed E-state index contributed by atoms with van der Waals surface area (Å²) < 4.78 is 2.27. The van der Waals surface area contributed by atoms with Crippen molar-refractivity contribution in [1.29, 1.82) is 0 Å². The van der Waals surface area contributed by atoms with Crippen LogP contribution < -0.4 is 5.73 Å². The number of rotatable bonds is 2. The zero-order valence-corrected chi connectivity index (χ0v) is 10.6. The van der Waals surface area contributed by atoms with Crippen molar-refractivity contribution in [1.82, 2.24) is 14.5 Å². The van der Waals surface area contributed by atoms with Crippen molar-refractivity contribution in [2.45, 2.75) is 51.2 Å². The minimum atomic E-state index is 0.315. The Kier molecular flexibility index (Phi) is 2.92. The summed E-state index contributed by atoms with van der Waals surface area (Å²) in [4.78, 5) is 7.37. The fourth-order valence-corrected chi connectivity index (χ4v) is 3.19. The van der Waals surface area contributed by atoms with Gasteiger partial charge < -0.3 is 10.3 Å². The Morgan fingerprint density at radius 3 is 3.18 bits per heavy atom. The topological polar surface area (TPSA) is 47.1 Å². The molecule has 17 heavy (non-hydrogen) atoms. The van der Waals surface area contributed by atoms with Crippen LogP contribution in [0.15, 0.2) is 6.20 Å². The molecule has 0 bridgehead atoms. The number of nitrogens with zero attached hydrogens (tertiary/aromatic N) is 3. The molecule has 4 heteroatoms. The van der Waals surface area contributed by atoms with Crippen molar-refractivity contribution in [3.05, 3.63) is 17.7 Å². The second-order valence-corrected chi connectivity index (χ2v) is 5.32. The maximum absolute atomic E-state index is 6.01. The maximum atomic E-state index is 6.01. The Morgan fingerprint density at radius 1 is 1.47 bits per heavy atom. The quantitative estimate of drug-likeness (QED) is 0.839. The number of fused-ring (bicyclic) bond motifs is 1. The highest BCUT2D eigenvalue weighted by atomic mass is 15.2. The van der Waals surface area contributed by atoms with Crippen LogP contribution in [-0.4, -0.2) is 33.6 Å². The fourth-order valence-electron chi connectivity index (χ4n) is 3.19. The smallest absolute Gasteiger partial charge is 0.109 e. The molecule has 1 aromatic heterocycles. The lowest BCUT2D eigenvalue weighted by molar-refractivity contribution is 0.267. The molecule has 0 saturated carbocycles. The summed E-state index contributed by atoms with van der Waals surface area (Å²) in [6.45, 7) is 5.54. The Hall–Kier alpha value is -0.870. The molecule has 0 amide bonds. The van der Waals surface area contributed by atoms with E-state index >= 15 is 0 Å². The van der Waals surface area contributed by atoms with Crippen LogP contribution in [0, 0.1) is 0 Å². The standard InChI is InChI=1S/C13H22N4/c1-2-16-7-3-4-12(16)11-9-17-8-10(14)5-6-13(17)15-11/h9-10,12H,2-8,14H2,1H3. The van der Waals surface area contributed by atoms with Gasteiger partial charge in [-0.25, -0.2) is 4.98 Å². The minimum Gasteiger partial charge on any atom is -0.333 e. The summed E-state index contributed by atoms with van der Waals surface area (Å²) in [7, 11) is 0. The van der Waals surface area contributed by atoms with Gasteiger partial charge in [-0.2, -0.15) is 0 Å². The van der Waals surface area contributed by atoms with Gasteiger partial charge in [-0.1, -0.05) is 6.92 Å². The second-order valence-electron chi connectivity index (χ2n) is 5.32. The molecule has 0 aromatic carbocycles. The van der Waals surface area contributed by atoms with Gasteiger partial charge in [0.1, 0.15) is 5.82 Å². The van der Waals surface area contributed by atoms with Gasteiger partial charge in [0.25, 0.3) is 0 Å². The van der Waals surface area contributed by atoms with Gasteiger partial charge in [-0.3, -0.25) is 4.90 Å². The highest BCUT2D eigenvalue weighted by molar-refractivity contribution is 5.13. The predicted molar refractivity (Wildman–Crippen MR) is 67.7 cm³/mol. The number of aromatic nitrogens is 2. The third-order valence-electron chi connectivity index (χ3n) is 4.16. The van der Waals surface area contributed by atoms with Crippen LogP contribution in [0.3, 0.4) is 0 Å². The van der Waals surface area contributed by atoms with E-state index in [9.17, 15) is 0 Å². The van der Waals surface area contributed by atoms with Crippen molar-refractivity contribution < 1.29 is 0 Å². The molecule has 94 valence electrons. The lowest BCUT2D eigenvalue weighted by atomic mass is 10.1. The molecule has 4 nitrogen and oxygen atoms in total. The molecule has 0 spiro atoms. The molecule has 0 aliphatic carbocycles. The summed E-state index contributed by atoms with van der Waals surface area (Å²) >= 11 is 0. The first-order valence-electron chi connectivity index (χ1n) is 6.83. The molecular formula is C13H22N4. The van der Waals surface area contributed by atoms with E-state index in [2.05, 4.69) is 22.6 Å². The third kappa shape index (κ3) is 2.00. The Balaban J connectivity index is 1.84. The van der Waals surface area contributed by atoms with Crippen LogP contribution in [0.4, 0.5) is 0 Å². The van der Waals surface area contributed by atoms with E-state index in [1.54, 1.807) is 0 Å². The molecule has 3 rings (SSSR count). The lowest BCUT2D eigenvalue weighted by Gasteiger charge is -2.20. The number of likely N-dealkylation sites (tertiary alicyclic amines) is 1. The molecule has 2 unspecified atom stereocenters. The molecule has 1 fully saturated rings. The number of hydrogen-bond donors (Lipinski definition) is 1. The van der Waals surface area contributed by atoms with Gasteiger partial charge in [0.15, 0.2) is 0 Å². The molecular weight excluding hydrogens is 212 g/mol. The van der Waals surface area contributed by atoms with E-state index in [1.165, 1.54) is 30.9 Å². The molecule has 1 aromatic rings. The second kappa shape index (κ2) is 4.42. The van der Waals surface area contributed by atoms with Crippen molar-refractivity contribution in [3.8, 4) is 0 Å². The molecule has 0 radical (unpaired) electrons. The first-order chi connectivity index (χ1) is 8.28. The van der Waals surface area contributed by atoms with Gasteiger partial charge in [0, 0.05) is 25.2 Å². The van der Waals surface area contributed by atoms with Crippen LogP contribution in [0.1, 0.15) is 43.7 Å². The van der Waals surface area contributed by atoms with E-state index in [1.807, 2.05) is 0 Å². The largest absolute Gasteiger partial charge is 0.333 e. The summed E-state index contributed by atoms with van der Waals surface area (Å²) in [5, 5.41) is 0. The summed E-state index contributed by atoms with van der Waals surface area (Å²) in [5.74, 6) is 1.24. The average Bonchev–Trinajstić information content (AvgIpc) is 2.93. The number of nitrogens with two attached hydrogens (primary N) is 1. The van der Waals surface area contributed by atoms with Crippen LogP contribution in [0.5, 0.6) is 0 Å². The highest BCUT2D eigenvalue weighted by Crippen LogP contribution is 2.31. The SMILES string of the molecule is CCN1CCCC1c1cn2c(n1)CCC(N)C2.